The lowest BCUT2D eigenvalue weighted by molar-refractivity contribution is -0.142. The topological polar surface area (TPSA) is 60.8 Å². The first-order valence-corrected chi connectivity index (χ1v) is 4.59. The van der Waals surface area contributed by atoms with E-state index in [9.17, 15) is 9.90 Å². The number of β-amino-alcohol motifs (C(OH)–C–C–N with tert-alkyl or cyclic N) is 1. The molecule has 0 aromatic carbocycles. The summed E-state index contributed by atoms with van der Waals surface area (Å²) in [5.74, 6) is -0.776. The minimum Gasteiger partial charge on any atom is -0.480 e. The lowest BCUT2D eigenvalue weighted by atomic mass is 10.1. The molecule has 0 bridgehead atoms. The molecule has 1 heterocycles. The second-order valence-electron chi connectivity index (χ2n) is 4.28. The van der Waals surface area contributed by atoms with Crippen molar-refractivity contribution < 1.29 is 15.0 Å². The lowest BCUT2D eigenvalue weighted by Gasteiger charge is -2.28. The fraction of sp³-hybridized carbons (Fsp3) is 0.889. The molecule has 76 valence electrons. The van der Waals surface area contributed by atoms with Crippen LogP contribution in [-0.2, 0) is 4.79 Å². The number of aliphatic hydroxyl groups is 1. The molecule has 13 heavy (non-hydrogen) atoms. The van der Waals surface area contributed by atoms with E-state index in [2.05, 4.69) is 0 Å². The van der Waals surface area contributed by atoms with E-state index in [1.807, 2.05) is 4.90 Å². The van der Waals surface area contributed by atoms with Gasteiger partial charge in [0, 0.05) is 6.54 Å². The molecule has 4 nitrogen and oxygen atoms in total. The number of carboxylic acid groups (broad SMARTS) is 1. The van der Waals surface area contributed by atoms with Gasteiger partial charge in [-0.25, -0.2) is 0 Å². The van der Waals surface area contributed by atoms with Gasteiger partial charge in [0.25, 0.3) is 0 Å². The fourth-order valence-corrected chi connectivity index (χ4v) is 1.79. The van der Waals surface area contributed by atoms with Crippen molar-refractivity contribution in [1.29, 1.82) is 0 Å². The Balaban J connectivity index is 2.54. The maximum absolute atomic E-state index is 10.8. The summed E-state index contributed by atoms with van der Waals surface area (Å²) in [6.07, 6.45) is 1.61. The molecule has 1 rings (SSSR count). The van der Waals surface area contributed by atoms with Gasteiger partial charge in [0.15, 0.2) is 0 Å². The Morgan fingerprint density at radius 1 is 1.62 bits per heavy atom. The predicted molar refractivity (Wildman–Crippen MR) is 48.5 cm³/mol. The molecule has 0 spiro atoms. The number of rotatable bonds is 3. The van der Waals surface area contributed by atoms with Gasteiger partial charge in [-0.3, -0.25) is 9.69 Å². The molecule has 0 radical (unpaired) electrons. The van der Waals surface area contributed by atoms with Gasteiger partial charge in [0.1, 0.15) is 6.04 Å². The highest BCUT2D eigenvalue weighted by Gasteiger charge is 2.33. The number of hydrogen-bond donors (Lipinski definition) is 2. The van der Waals surface area contributed by atoms with E-state index >= 15 is 0 Å². The molecule has 0 aromatic heterocycles. The average molecular weight is 187 g/mol. The van der Waals surface area contributed by atoms with Crippen LogP contribution in [0.4, 0.5) is 0 Å². The molecule has 2 N–H and O–H groups in total. The van der Waals surface area contributed by atoms with Gasteiger partial charge in [-0.15, -0.1) is 0 Å². The Bertz CT molecular complexity index is 198. The van der Waals surface area contributed by atoms with Crippen molar-refractivity contribution in [3.05, 3.63) is 0 Å². The summed E-state index contributed by atoms with van der Waals surface area (Å²) >= 11 is 0. The quantitative estimate of drug-likeness (QED) is 0.667. The Hall–Kier alpha value is -0.610. The molecule has 1 aliphatic heterocycles. The van der Waals surface area contributed by atoms with E-state index in [-0.39, 0.29) is 0 Å². The Kier molecular flexibility index (Phi) is 2.93. The SMILES string of the molecule is CC(C)(O)CN1CCC[C@H]1C(=O)O. The van der Waals surface area contributed by atoms with Gasteiger partial charge in [-0.05, 0) is 33.2 Å². The largest absolute Gasteiger partial charge is 0.480 e. The van der Waals surface area contributed by atoms with E-state index in [4.69, 9.17) is 5.11 Å². The van der Waals surface area contributed by atoms with Gasteiger partial charge in [-0.2, -0.15) is 0 Å². The number of nitrogens with zero attached hydrogens (tertiary/aromatic N) is 1. The van der Waals surface area contributed by atoms with Crippen molar-refractivity contribution in [2.24, 2.45) is 0 Å². The number of likely N-dealkylation sites (tertiary alicyclic amines) is 1. The fourth-order valence-electron chi connectivity index (χ4n) is 1.79. The Labute approximate surface area is 78.2 Å². The van der Waals surface area contributed by atoms with Gasteiger partial charge in [0.05, 0.1) is 5.60 Å². The highest BCUT2D eigenvalue weighted by molar-refractivity contribution is 5.73. The average Bonchev–Trinajstić information content (AvgIpc) is 2.31. The number of aliphatic carboxylic acids is 1. The molecule has 1 saturated heterocycles. The van der Waals surface area contributed by atoms with Crippen LogP contribution in [0.25, 0.3) is 0 Å². The molecular weight excluding hydrogens is 170 g/mol. The maximum atomic E-state index is 10.8. The van der Waals surface area contributed by atoms with Crippen LogP contribution in [0, 0.1) is 0 Å². The summed E-state index contributed by atoms with van der Waals surface area (Å²) in [6, 6.07) is -0.397. The first-order valence-electron chi connectivity index (χ1n) is 4.59. The molecule has 1 atom stereocenters. The van der Waals surface area contributed by atoms with Crippen LogP contribution in [0.1, 0.15) is 26.7 Å². The first-order chi connectivity index (χ1) is 5.90. The van der Waals surface area contributed by atoms with Crippen molar-refractivity contribution in [2.75, 3.05) is 13.1 Å². The normalized spacial score (nSPS) is 25.0. The van der Waals surface area contributed by atoms with Crippen molar-refractivity contribution >= 4 is 5.97 Å². The van der Waals surface area contributed by atoms with Crippen LogP contribution in [0.15, 0.2) is 0 Å². The van der Waals surface area contributed by atoms with E-state index in [0.29, 0.717) is 13.0 Å². The monoisotopic (exact) mass is 187 g/mol. The summed E-state index contributed by atoms with van der Waals surface area (Å²) < 4.78 is 0. The zero-order chi connectivity index (χ0) is 10.1. The third-order valence-corrected chi connectivity index (χ3v) is 2.24. The van der Waals surface area contributed by atoms with Crippen molar-refractivity contribution in [2.45, 2.75) is 38.3 Å². The molecule has 0 amide bonds. The van der Waals surface area contributed by atoms with Crippen LogP contribution in [-0.4, -0.2) is 45.8 Å². The summed E-state index contributed by atoms with van der Waals surface area (Å²) in [5.41, 5.74) is -0.808. The van der Waals surface area contributed by atoms with E-state index in [0.717, 1.165) is 13.0 Å². The lowest BCUT2D eigenvalue weighted by Crippen LogP contribution is -2.44. The van der Waals surface area contributed by atoms with Crippen LogP contribution >= 0.6 is 0 Å². The number of hydrogen-bond acceptors (Lipinski definition) is 3. The molecule has 0 aliphatic carbocycles. The summed E-state index contributed by atoms with van der Waals surface area (Å²) in [4.78, 5) is 12.6. The number of carbonyl (C=O) groups is 1. The summed E-state index contributed by atoms with van der Waals surface area (Å²) in [6.45, 7) is 4.61. The Morgan fingerprint density at radius 2 is 2.23 bits per heavy atom. The molecule has 0 aromatic rings. The maximum Gasteiger partial charge on any atom is 0.320 e. The molecule has 0 unspecified atom stereocenters. The highest BCUT2D eigenvalue weighted by Crippen LogP contribution is 2.19. The van der Waals surface area contributed by atoms with E-state index in [1.165, 1.54) is 0 Å². The minimum absolute atomic E-state index is 0.397. The molecule has 4 heteroatoms. The van der Waals surface area contributed by atoms with Crippen LogP contribution in [0.3, 0.4) is 0 Å². The third-order valence-electron chi connectivity index (χ3n) is 2.24. The first kappa shape index (κ1) is 10.5. The van der Waals surface area contributed by atoms with Crippen molar-refractivity contribution in [1.82, 2.24) is 4.90 Å². The predicted octanol–water partition coefficient (Wildman–Crippen LogP) is 0.306. The second kappa shape index (κ2) is 3.64. The zero-order valence-electron chi connectivity index (χ0n) is 8.16. The van der Waals surface area contributed by atoms with E-state index < -0.39 is 17.6 Å². The van der Waals surface area contributed by atoms with Gasteiger partial charge < -0.3 is 10.2 Å². The van der Waals surface area contributed by atoms with Gasteiger partial charge in [-0.1, -0.05) is 0 Å². The summed E-state index contributed by atoms with van der Waals surface area (Å²) in [7, 11) is 0. The minimum atomic E-state index is -0.808. The van der Waals surface area contributed by atoms with Crippen LogP contribution < -0.4 is 0 Å². The summed E-state index contributed by atoms with van der Waals surface area (Å²) in [5, 5.41) is 18.4. The highest BCUT2D eigenvalue weighted by atomic mass is 16.4. The van der Waals surface area contributed by atoms with Crippen LogP contribution in [0.2, 0.25) is 0 Å². The van der Waals surface area contributed by atoms with E-state index in [1.54, 1.807) is 13.8 Å². The zero-order valence-corrected chi connectivity index (χ0v) is 8.16. The molecule has 0 saturated carbocycles. The van der Waals surface area contributed by atoms with Gasteiger partial charge in [0.2, 0.25) is 0 Å². The number of carboxylic acids is 1. The second-order valence-corrected chi connectivity index (χ2v) is 4.28. The standard InChI is InChI=1S/C9H17NO3/c1-9(2,13)6-10-5-3-4-7(10)8(11)12/h7,13H,3-6H2,1-2H3,(H,11,12)/t7-/m0/s1. The Morgan fingerprint density at radius 3 is 2.69 bits per heavy atom. The molecular formula is C9H17NO3. The molecule has 1 aliphatic rings. The van der Waals surface area contributed by atoms with Crippen molar-refractivity contribution in [3.63, 3.8) is 0 Å². The van der Waals surface area contributed by atoms with Crippen LogP contribution in [0.5, 0.6) is 0 Å². The smallest absolute Gasteiger partial charge is 0.320 e. The van der Waals surface area contributed by atoms with Gasteiger partial charge >= 0.3 is 5.97 Å². The molecule has 1 fully saturated rings. The third kappa shape index (κ3) is 2.97. The van der Waals surface area contributed by atoms with Crippen molar-refractivity contribution in [3.8, 4) is 0 Å².